The summed E-state index contributed by atoms with van der Waals surface area (Å²) in [5.41, 5.74) is 0.453. The number of hydrogen-bond acceptors (Lipinski definition) is 5. The Kier molecular flexibility index (Phi) is 4.43. The third-order valence-electron chi connectivity index (χ3n) is 2.64. The van der Waals surface area contributed by atoms with Crippen molar-refractivity contribution in [2.75, 3.05) is 13.2 Å². The third kappa shape index (κ3) is 4.43. The van der Waals surface area contributed by atoms with Crippen molar-refractivity contribution in [3.8, 4) is 5.75 Å². The summed E-state index contributed by atoms with van der Waals surface area (Å²) in [7, 11) is 0. The maximum Gasteiger partial charge on any atom is 0.514 e. The average Bonchev–Trinajstić information content (AvgIpc) is 2.46. The molecule has 0 unspecified atom stereocenters. The van der Waals surface area contributed by atoms with Crippen molar-refractivity contribution in [3.63, 3.8) is 0 Å². The first-order chi connectivity index (χ1) is 9.85. The predicted molar refractivity (Wildman–Crippen MR) is 78.4 cm³/mol. The third-order valence-corrected chi connectivity index (χ3v) is 2.64. The summed E-state index contributed by atoms with van der Waals surface area (Å²) in [4.78, 5) is 24.0. The van der Waals surface area contributed by atoms with Gasteiger partial charge in [-0.2, -0.15) is 0 Å². The van der Waals surface area contributed by atoms with Gasteiger partial charge in [-0.15, -0.1) is 0 Å². The average molecular weight is 290 g/mol. The van der Waals surface area contributed by atoms with E-state index in [9.17, 15) is 9.59 Å². The number of ether oxygens (including phenoxy) is 3. The van der Waals surface area contributed by atoms with Gasteiger partial charge < -0.3 is 14.2 Å². The van der Waals surface area contributed by atoms with Crippen LogP contribution in [-0.2, 0) is 9.47 Å². The van der Waals surface area contributed by atoms with Crippen LogP contribution in [0.3, 0.4) is 0 Å². The largest absolute Gasteiger partial charge is 0.514 e. The van der Waals surface area contributed by atoms with Gasteiger partial charge in [0.2, 0.25) is 5.43 Å². The van der Waals surface area contributed by atoms with E-state index < -0.39 is 11.8 Å². The smallest absolute Gasteiger partial charge is 0.428 e. The summed E-state index contributed by atoms with van der Waals surface area (Å²) in [5.74, 6) is -0.0543. The molecule has 5 heteroatoms. The zero-order chi connectivity index (χ0) is 15.5. The van der Waals surface area contributed by atoms with Gasteiger partial charge in [-0.25, -0.2) is 4.79 Å². The minimum absolute atomic E-state index is 0.0543. The second-order valence-electron chi connectivity index (χ2n) is 5.73. The Morgan fingerprint density at radius 3 is 2.48 bits per heavy atom. The number of carbonyl (C=O) groups excluding carboxylic acids is 1. The molecule has 1 aliphatic rings. The van der Waals surface area contributed by atoms with Gasteiger partial charge in [0.25, 0.3) is 0 Å². The molecule has 0 bridgehead atoms. The molecule has 0 spiro atoms. The van der Waals surface area contributed by atoms with Crippen LogP contribution in [0.1, 0.15) is 26.3 Å². The van der Waals surface area contributed by atoms with Crippen molar-refractivity contribution in [3.05, 3.63) is 45.6 Å². The lowest BCUT2D eigenvalue weighted by Gasteiger charge is -2.18. The highest BCUT2D eigenvalue weighted by Crippen LogP contribution is 2.14. The van der Waals surface area contributed by atoms with E-state index in [1.807, 2.05) is 0 Å². The van der Waals surface area contributed by atoms with Crippen molar-refractivity contribution in [1.29, 1.82) is 0 Å². The molecule has 1 aromatic rings. The lowest BCUT2D eigenvalue weighted by Crippen LogP contribution is -2.27. The van der Waals surface area contributed by atoms with Gasteiger partial charge in [0.15, 0.2) is 5.75 Å². The SMILES string of the molecule is CC(C)(C)OC(=O)Oc1ccccc(C=C2COC2)c1=O. The first-order valence-electron chi connectivity index (χ1n) is 6.66. The first kappa shape index (κ1) is 15.3. The lowest BCUT2D eigenvalue weighted by atomic mass is 10.1. The molecule has 1 aromatic carbocycles. The van der Waals surface area contributed by atoms with Crippen LogP contribution in [0.5, 0.6) is 5.75 Å². The summed E-state index contributed by atoms with van der Waals surface area (Å²) in [6, 6.07) is 6.48. The molecule has 0 aliphatic carbocycles. The van der Waals surface area contributed by atoms with Crippen molar-refractivity contribution in [1.82, 2.24) is 0 Å². The second kappa shape index (κ2) is 6.10. The molecular weight excluding hydrogens is 272 g/mol. The van der Waals surface area contributed by atoms with E-state index in [1.54, 1.807) is 45.0 Å². The van der Waals surface area contributed by atoms with Gasteiger partial charge in [0.05, 0.1) is 13.2 Å². The second-order valence-corrected chi connectivity index (χ2v) is 5.73. The molecule has 1 heterocycles. The highest BCUT2D eigenvalue weighted by atomic mass is 16.7. The molecule has 0 atom stereocenters. The molecule has 5 nitrogen and oxygen atoms in total. The highest BCUT2D eigenvalue weighted by molar-refractivity contribution is 5.65. The standard InChI is InChI=1S/C16H18O5/c1-16(2,3)21-15(18)20-13-7-5-4-6-12(14(13)17)8-11-9-19-10-11/h4-8H,9-10H2,1-3H3. The normalized spacial score (nSPS) is 14.1. The van der Waals surface area contributed by atoms with Crippen molar-refractivity contribution in [2.45, 2.75) is 26.4 Å². The quantitative estimate of drug-likeness (QED) is 0.784. The molecule has 0 amide bonds. The predicted octanol–water partition coefficient (Wildman–Crippen LogP) is 2.77. The molecule has 0 aromatic heterocycles. The van der Waals surface area contributed by atoms with E-state index in [2.05, 4.69) is 0 Å². The summed E-state index contributed by atoms with van der Waals surface area (Å²) < 4.78 is 15.1. The lowest BCUT2D eigenvalue weighted by molar-refractivity contribution is 0.0204. The van der Waals surface area contributed by atoms with Gasteiger partial charge in [-0.3, -0.25) is 4.79 Å². The molecule has 0 N–H and O–H groups in total. The molecule has 21 heavy (non-hydrogen) atoms. The Morgan fingerprint density at radius 2 is 1.90 bits per heavy atom. The summed E-state index contributed by atoms with van der Waals surface area (Å²) in [5, 5.41) is 0. The van der Waals surface area contributed by atoms with E-state index in [0.29, 0.717) is 18.8 Å². The number of rotatable bonds is 2. The van der Waals surface area contributed by atoms with Crippen LogP contribution in [0.4, 0.5) is 4.79 Å². The number of carbonyl (C=O) groups is 1. The van der Waals surface area contributed by atoms with E-state index >= 15 is 0 Å². The van der Waals surface area contributed by atoms with Crippen LogP contribution >= 0.6 is 0 Å². The minimum atomic E-state index is -0.892. The summed E-state index contributed by atoms with van der Waals surface area (Å²) >= 11 is 0. The molecule has 0 saturated carbocycles. The fraction of sp³-hybridized carbons (Fsp3) is 0.375. The summed E-state index contributed by atoms with van der Waals surface area (Å²) in [6.07, 6.45) is 0.865. The van der Waals surface area contributed by atoms with Crippen molar-refractivity contribution < 1.29 is 19.0 Å². The highest BCUT2D eigenvalue weighted by Gasteiger charge is 2.19. The Bertz CT molecular complexity index is 619. The zero-order valence-corrected chi connectivity index (χ0v) is 12.3. The molecule has 1 aliphatic heterocycles. The van der Waals surface area contributed by atoms with Gasteiger partial charge in [0.1, 0.15) is 5.60 Å². The fourth-order valence-corrected chi connectivity index (χ4v) is 1.67. The minimum Gasteiger partial charge on any atom is -0.428 e. The van der Waals surface area contributed by atoms with Crippen LogP contribution in [0.2, 0.25) is 0 Å². The Labute approximate surface area is 123 Å². The van der Waals surface area contributed by atoms with Crippen LogP contribution in [-0.4, -0.2) is 25.0 Å². The van der Waals surface area contributed by atoms with Gasteiger partial charge in [-0.1, -0.05) is 18.2 Å². The molecule has 1 saturated heterocycles. The first-order valence-corrected chi connectivity index (χ1v) is 6.66. The van der Waals surface area contributed by atoms with E-state index in [1.165, 1.54) is 6.07 Å². The molecule has 1 fully saturated rings. The molecule has 0 radical (unpaired) electrons. The van der Waals surface area contributed by atoms with Crippen LogP contribution in [0.25, 0.3) is 6.08 Å². The van der Waals surface area contributed by atoms with E-state index in [4.69, 9.17) is 14.2 Å². The fourth-order valence-electron chi connectivity index (χ4n) is 1.67. The molecular formula is C16H18O5. The zero-order valence-electron chi connectivity index (χ0n) is 12.3. The molecule has 2 rings (SSSR count). The van der Waals surface area contributed by atoms with Crippen LogP contribution in [0, 0.1) is 0 Å². The van der Waals surface area contributed by atoms with Crippen LogP contribution in [0.15, 0.2) is 34.6 Å². The Hall–Kier alpha value is -2.14. The topological polar surface area (TPSA) is 61.8 Å². The Balaban J connectivity index is 2.24. The maximum absolute atomic E-state index is 12.3. The van der Waals surface area contributed by atoms with Gasteiger partial charge in [0, 0.05) is 5.56 Å². The maximum atomic E-state index is 12.3. The van der Waals surface area contributed by atoms with Crippen LogP contribution < -0.4 is 10.2 Å². The number of hydrogen-bond donors (Lipinski definition) is 0. The van der Waals surface area contributed by atoms with Gasteiger partial charge >= 0.3 is 6.16 Å². The Morgan fingerprint density at radius 1 is 1.24 bits per heavy atom. The van der Waals surface area contributed by atoms with Gasteiger partial charge in [-0.05, 0) is 38.5 Å². The summed E-state index contributed by atoms with van der Waals surface area (Å²) in [6.45, 7) is 6.23. The van der Waals surface area contributed by atoms with E-state index in [0.717, 1.165) is 5.57 Å². The monoisotopic (exact) mass is 290 g/mol. The van der Waals surface area contributed by atoms with Crippen molar-refractivity contribution >= 4 is 12.2 Å². The van der Waals surface area contributed by atoms with E-state index in [-0.39, 0.29) is 11.2 Å². The van der Waals surface area contributed by atoms with Crippen molar-refractivity contribution in [2.24, 2.45) is 0 Å². The molecule has 112 valence electrons.